The summed E-state index contributed by atoms with van der Waals surface area (Å²) >= 11 is 0. The number of rotatable bonds is 5. The third-order valence-electron chi connectivity index (χ3n) is 4.13. The normalized spacial score (nSPS) is 19.1. The van der Waals surface area contributed by atoms with E-state index < -0.39 is 0 Å². The number of anilines is 1. The Morgan fingerprint density at radius 2 is 2.11 bits per heavy atom. The van der Waals surface area contributed by atoms with E-state index in [9.17, 15) is 0 Å². The molecule has 1 aromatic heterocycles. The van der Waals surface area contributed by atoms with E-state index >= 15 is 0 Å². The van der Waals surface area contributed by atoms with Crippen molar-refractivity contribution in [3.63, 3.8) is 0 Å². The zero-order valence-electron chi connectivity index (χ0n) is 11.7. The van der Waals surface area contributed by atoms with Crippen LogP contribution in [0.15, 0.2) is 12.3 Å². The Morgan fingerprint density at radius 3 is 2.67 bits per heavy atom. The van der Waals surface area contributed by atoms with Gasteiger partial charge in [-0.2, -0.15) is 5.10 Å². The molecule has 0 radical (unpaired) electrons. The Morgan fingerprint density at radius 1 is 1.39 bits per heavy atom. The fourth-order valence-electron chi connectivity index (χ4n) is 2.75. The van der Waals surface area contributed by atoms with Gasteiger partial charge < -0.3 is 11.1 Å². The van der Waals surface area contributed by atoms with Crippen molar-refractivity contribution in [1.29, 1.82) is 0 Å². The van der Waals surface area contributed by atoms with E-state index in [4.69, 9.17) is 5.73 Å². The van der Waals surface area contributed by atoms with Crippen LogP contribution in [0.2, 0.25) is 0 Å². The second-order valence-corrected chi connectivity index (χ2v) is 5.89. The van der Waals surface area contributed by atoms with Gasteiger partial charge in [-0.15, -0.1) is 0 Å². The van der Waals surface area contributed by atoms with Gasteiger partial charge in [0.05, 0.1) is 0 Å². The minimum Gasteiger partial charge on any atom is -0.368 e. The van der Waals surface area contributed by atoms with Gasteiger partial charge >= 0.3 is 0 Å². The van der Waals surface area contributed by atoms with Crippen LogP contribution in [0.3, 0.4) is 0 Å². The second-order valence-electron chi connectivity index (χ2n) is 5.89. The lowest BCUT2D eigenvalue weighted by atomic mass is 9.74. The van der Waals surface area contributed by atoms with E-state index in [1.165, 1.54) is 32.1 Å². The van der Waals surface area contributed by atoms with Crippen molar-refractivity contribution >= 4 is 5.82 Å². The monoisotopic (exact) mass is 250 g/mol. The summed E-state index contributed by atoms with van der Waals surface area (Å²) < 4.78 is 1.98. The van der Waals surface area contributed by atoms with Gasteiger partial charge in [-0.3, -0.25) is 4.68 Å². The average molecular weight is 250 g/mol. The van der Waals surface area contributed by atoms with Crippen LogP contribution >= 0.6 is 0 Å². The van der Waals surface area contributed by atoms with Gasteiger partial charge in [-0.1, -0.05) is 19.3 Å². The molecule has 0 saturated heterocycles. The molecule has 1 aliphatic carbocycles. The molecule has 1 aliphatic rings. The third-order valence-corrected chi connectivity index (χ3v) is 4.13. The number of aromatic nitrogens is 2. The quantitative estimate of drug-likeness (QED) is 0.845. The molecular weight excluding hydrogens is 224 g/mol. The zero-order chi connectivity index (χ0) is 13.0. The Balaban J connectivity index is 1.92. The Bertz CT molecular complexity index is 364. The molecule has 4 nitrogen and oxygen atoms in total. The first-order valence-corrected chi connectivity index (χ1v) is 7.14. The van der Waals surface area contributed by atoms with Crippen molar-refractivity contribution in [1.82, 2.24) is 9.78 Å². The highest BCUT2D eigenvalue weighted by atomic mass is 15.3. The lowest BCUT2D eigenvalue weighted by Gasteiger charge is -2.36. The van der Waals surface area contributed by atoms with E-state index in [-0.39, 0.29) is 0 Å². The Labute approximate surface area is 110 Å². The minimum absolute atomic E-state index is 0.292. The summed E-state index contributed by atoms with van der Waals surface area (Å²) in [5.74, 6) is 0.974. The summed E-state index contributed by atoms with van der Waals surface area (Å²) in [6, 6.07) is 2.46. The van der Waals surface area contributed by atoms with E-state index in [1.807, 2.05) is 16.9 Å². The molecule has 102 valence electrons. The fourth-order valence-corrected chi connectivity index (χ4v) is 2.75. The van der Waals surface area contributed by atoms with E-state index in [1.54, 1.807) is 0 Å². The molecule has 0 unspecified atom stereocenters. The Kier molecular flexibility index (Phi) is 4.27. The highest BCUT2D eigenvalue weighted by molar-refractivity contribution is 5.32. The third kappa shape index (κ3) is 3.05. The first-order valence-electron chi connectivity index (χ1n) is 7.14. The van der Waals surface area contributed by atoms with Gasteiger partial charge in [-0.25, -0.2) is 0 Å². The second kappa shape index (κ2) is 5.74. The zero-order valence-corrected chi connectivity index (χ0v) is 11.7. The molecule has 1 aromatic rings. The van der Waals surface area contributed by atoms with Crippen molar-refractivity contribution < 1.29 is 0 Å². The van der Waals surface area contributed by atoms with Crippen molar-refractivity contribution in [2.75, 3.05) is 18.4 Å². The molecule has 0 bridgehead atoms. The van der Waals surface area contributed by atoms with Crippen LogP contribution in [0.4, 0.5) is 5.82 Å². The van der Waals surface area contributed by atoms with Crippen LogP contribution in [0, 0.1) is 5.41 Å². The molecule has 0 amide bonds. The Hall–Kier alpha value is -1.03. The maximum Gasteiger partial charge on any atom is 0.148 e. The summed E-state index contributed by atoms with van der Waals surface area (Å²) in [4.78, 5) is 0. The predicted molar refractivity (Wildman–Crippen MR) is 75.7 cm³/mol. The number of nitrogens with two attached hydrogens (primary N) is 1. The molecule has 18 heavy (non-hydrogen) atoms. The van der Waals surface area contributed by atoms with Gasteiger partial charge in [0.1, 0.15) is 5.82 Å². The van der Waals surface area contributed by atoms with Gasteiger partial charge in [0.15, 0.2) is 0 Å². The lowest BCUT2D eigenvalue weighted by Crippen LogP contribution is -2.39. The predicted octanol–water partition coefficient (Wildman–Crippen LogP) is 2.79. The molecule has 4 heteroatoms. The molecule has 1 saturated carbocycles. The van der Waals surface area contributed by atoms with Crippen molar-refractivity contribution in [2.45, 2.75) is 52.0 Å². The topological polar surface area (TPSA) is 55.9 Å². The number of hydrogen-bond acceptors (Lipinski definition) is 3. The largest absolute Gasteiger partial charge is 0.368 e. The molecule has 0 aliphatic heterocycles. The molecule has 1 fully saturated rings. The van der Waals surface area contributed by atoms with Crippen molar-refractivity contribution in [2.24, 2.45) is 11.1 Å². The summed E-state index contributed by atoms with van der Waals surface area (Å²) in [7, 11) is 0. The average Bonchev–Trinajstić information content (AvgIpc) is 2.87. The summed E-state index contributed by atoms with van der Waals surface area (Å²) in [6.07, 6.45) is 8.54. The number of nitrogens with one attached hydrogen (secondary N) is 1. The standard InChI is InChI=1S/C14H26N4/c1-12(2)18-9-6-13(17-18)16-11-14(10-15)7-4-3-5-8-14/h6,9,12H,3-5,7-8,10-11,15H2,1-2H3,(H,16,17). The smallest absolute Gasteiger partial charge is 0.148 e. The molecule has 0 spiro atoms. The SMILES string of the molecule is CC(C)n1ccc(NCC2(CN)CCCCC2)n1. The van der Waals surface area contributed by atoms with Crippen LogP contribution in [0.25, 0.3) is 0 Å². The summed E-state index contributed by atoms with van der Waals surface area (Å²) in [5.41, 5.74) is 6.28. The first kappa shape index (κ1) is 13.4. The maximum atomic E-state index is 5.99. The van der Waals surface area contributed by atoms with Crippen LogP contribution in [-0.4, -0.2) is 22.9 Å². The van der Waals surface area contributed by atoms with Crippen LogP contribution in [0.1, 0.15) is 52.0 Å². The molecule has 0 aromatic carbocycles. The summed E-state index contributed by atoms with van der Waals surface area (Å²) in [5, 5.41) is 7.99. The van der Waals surface area contributed by atoms with Crippen molar-refractivity contribution in [3.8, 4) is 0 Å². The van der Waals surface area contributed by atoms with E-state index in [0.29, 0.717) is 11.5 Å². The first-order chi connectivity index (χ1) is 8.65. The van der Waals surface area contributed by atoms with Crippen molar-refractivity contribution in [3.05, 3.63) is 12.3 Å². The molecular formula is C14H26N4. The van der Waals surface area contributed by atoms with E-state index in [0.717, 1.165) is 18.9 Å². The number of hydrogen-bond donors (Lipinski definition) is 2. The molecule has 2 rings (SSSR count). The van der Waals surface area contributed by atoms with Gasteiger partial charge in [0, 0.05) is 24.8 Å². The molecule has 0 atom stereocenters. The highest BCUT2D eigenvalue weighted by Crippen LogP contribution is 2.35. The highest BCUT2D eigenvalue weighted by Gasteiger charge is 2.30. The summed E-state index contributed by atoms with van der Waals surface area (Å²) in [6.45, 7) is 6.02. The lowest BCUT2D eigenvalue weighted by molar-refractivity contribution is 0.215. The van der Waals surface area contributed by atoms with Gasteiger partial charge in [0.2, 0.25) is 0 Å². The van der Waals surface area contributed by atoms with Crippen LogP contribution in [0.5, 0.6) is 0 Å². The minimum atomic E-state index is 0.292. The molecule has 1 heterocycles. The van der Waals surface area contributed by atoms with Gasteiger partial charge in [0.25, 0.3) is 0 Å². The number of nitrogens with zero attached hydrogens (tertiary/aromatic N) is 2. The van der Waals surface area contributed by atoms with Gasteiger partial charge in [-0.05, 0) is 38.6 Å². The fraction of sp³-hybridized carbons (Fsp3) is 0.786. The molecule has 3 N–H and O–H groups in total. The van der Waals surface area contributed by atoms with Crippen LogP contribution < -0.4 is 11.1 Å². The van der Waals surface area contributed by atoms with Crippen LogP contribution in [-0.2, 0) is 0 Å². The van der Waals surface area contributed by atoms with E-state index in [2.05, 4.69) is 24.3 Å². The maximum absolute atomic E-state index is 5.99.